The van der Waals surface area contributed by atoms with Gasteiger partial charge in [0.2, 0.25) is 5.52 Å². The molecule has 0 fully saturated rings. The Bertz CT molecular complexity index is 442. The van der Waals surface area contributed by atoms with E-state index in [0.717, 1.165) is 0 Å². The summed E-state index contributed by atoms with van der Waals surface area (Å²) in [5, 5.41) is 14.0. The van der Waals surface area contributed by atoms with E-state index in [9.17, 15) is 9.60 Å². The number of halogens is 2. The summed E-state index contributed by atoms with van der Waals surface area (Å²) in [6.07, 6.45) is 0. The summed E-state index contributed by atoms with van der Waals surface area (Å²) in [5.41, 5.74) is 0.00933. The summed E-state index contributed by atoms with van der Waals surface area (Å²) in [4.78, 5) is 0.156. The van der Waals surface area contributed by atoms with Gasteiger partial charge in [0.15, 0.2) is 5.82 Å². The van der Waals surface area contributed by atoms with Crippen LogP contribution in [0.5, 0.6) is 0 Å². The van der Waals surface area contributed by atoms with Crippen LogP contribution in [0.15, 0.2) is 21.2 Å². The summed E-state index contributed by atoms with van der Waals surface area (Å²) < 4.78 is 17.6. The topological polar surface area (TPSA) is 53.0 Å². The zero-order valence-corrected chi connectivity index (χ0v) is 7.21. The zero-order chi connectivity index (χ0) is 8.72. The van der Waals surface area contributed by atoms with E-state index in [1.165, 1.54) is 12.1 Å². The van der Waals surface area contributed by atoms with Gasteiger partial charge in [0.05, 0.1) is 0 Å². The van der Waals surface area contributed by atoms with Crippen LogP contribution in [0.1, 0.15) is 0 Å². The smallest absolute Gasteiger partial charge is 0.284 e. The van der Waals surface area contributed by atoms with Gasteiger partial charge in [-0.05, 0) is 11.0 Å². The van der Waals surface area contributed by atoms with Gasteiger partial charge in [0.25, 0.3) is 5.52 Å². The highest BCUT2D eigenvalue weighted by Crippen LogP contribution is 2.18. The molecule has 0 aliphatic carbocycles. The third-order valence-corrected chi connectivity index (χ3v) is 1.87. The van der Waals surface area contributed by atoms with E-state index in [0.29, 0.717) is 4.47 Å². The molecule has 12 heavy (non-hydrogen) atoms. The highest BCUT2D eigenvalue weighted by atomic mass is 79.9. The van der Waals surface area contributed by atoms with Crippen molar-refractivity contribution in [1.29, 1.82) is 0 Å². The lowest BCUT2D eigenvalue weighted by molar-refractivity contribution is -0.782. The molecular formula is C6H2BrFN2O2. The van der Waals surface area contributed by atoms with Crippen LogP contribution in [0, 0.1) is 11.0 Å². The maximum absolute atomic E-state index is 13.0. The minimum Gasteiger partial charge on any atom is -0.359 e. The van der Waals surface area contributed by atoms with Gasteiger partial charge in [-0.25, -0.2) is 4.39 Å². The largest absolute Gasteiger partial charge is 0.359 e. The van der Waals surface area contributed by atoms with E-state index in [4.69, 9.17) is 0 Å². The number of hydrogen-bond donors (Lipinski definition) is 0. The number of fused-ring (bicyclic) bond motifs is 1. The number of nitrogens with zero attached hydrogens (tertiary/aromatic N) is 2. The van der Waals surface area contributed by atoms with Crippen molar-refractivity contribution in [1.82, 2.24) is 5.16 Å². The van der Waals surface area contributed by atoms with Crippen molar-refractivity contribution >= 4 is 27.0 Å². The molecule has 6 heteroatoms. The lowest BCUT2D eigenvalue weighted by Crippen LogP contribution is -2.22. The second-order valence-corrected chi connectivity index (χ2v) is 3.10. The zero-order valence-electron chi connectivity index (χ0n) is 5.62. The first-order valence-corrected chi connectivity index (χ1v) is 3.82. The summed E-state index contributed by atoms with van der Waals surface area (Å²) in [6.45, 7) is 0. The second kappa shape index (κ2) is 2.41. The van der Waals surface area contributed by atoms with Gasteiger partial charge in [0, 0.05) is 15.7 Å². The third-order valence-electron chi connectivity index (χ3n) is 1.41. The molecule has 0 spiro atoms. The maximum Gasteiger partial charge on any atom is 0.284 e. The van der Waals surface area contributed by atoms with Crippen LogP contribution in [0.4, 0.5) is 4.39 Å². The van der Waals surface area contributed by atoms with E-state index in [-0.39, 0.29) is 15.9 Å². The molecule has 0 saturated heterocycles. The van der Waals surface area contributed by atoms with Gasteiger partial charge >= 0.3 is 0 Å². The first-order chi connectivity index (χ1) is 5.68. The van der Waals surface area contributed by atoms with Gasteiger partial charge < -0.3 is 5.21 Å². The number of hydrogen-bond acceptors (Lipinski definition) is 3. The normalized spacial score (nSPS) is 10.8. The van der Waals surface area contributed by atoms with E-state index < -0.39 is 5.82 Å². The van der Waals surface area contributed by atoms with Crippen molar-refractivity contribution < 1.29 is 13.9 Å². The summed E-state index contributed by atoms with van der Waals surface area (Å²) in [6, 6.07) is 2.65. The molecule has 62 valence electrons. The second-order valence-electron chi connectivity index (χ2n) is 2.19. The standard InChI is InChI=1S/C6H2BrFN2O2/c7-3-1-4(8)6-5(2-3)10(11)12-9-6/h1-2H. The Morgan fingerprint density at radius 2 is 2.33 bits per heavy atom. The number of benzene rings is 1. The fourth-order valence-electron chi connectivity index (χ4n) is 0.904. The highest BCUT2D eigenvalue weighted by molar-refractivity contribution is 9.10. The molecule has 0 aliphatic heterocycles. The van der Waals surface area contributed by atoms with Gasteiger partial charge in [-0.1, -0.05) is 15.9 Å². The van der Waals surface area contributed by atoms with Gasteiger partial charge in [0.1, 0.15) is 0 Å². The minimum absolute atomic E-state index is 0.0619. The predicted molar refractivity (Wildman–Crippen MR) is 40.6 cm³/mol. The SMILES string of the molecule is [O-][n+]1onc2c(F)cc(Br)cc21. The van der Waals surface area contributed by atoms with Crippen molar-refractivity contribution in [3.63, 3.8) is 0 Å². The van der Waals surface area contributed by atoms with Crippen LogP contribution in [-0.2, 0) is 0 Å². The Morgan fingerprint density at radius 3 is 3.08 bits per heavy atom. The molecule has 0 atom stereocenters. The van der Waals surface area contributed by atoms with Crippen LogP contribution < -0.4 is 4.90 Å². The fraction of sp³-hybridized carbons (Fsp3) is 0. The molecular weight excluding hydrogens is 231 g/mol. The van der Waals surface area contributed by atoms with Crippen molar-refractivity contribution in [3.05, 3.63) is 27.6 Å². The molecule has 1 heterocycles. The summed E-state index contributed by atoms with van der Waals surface area (Å²) >= 11 is 3.04. The Morgan fingerprint density at radius 1 is 1.58 bits per heavy atom. The van der Waals surface area contributed by atoms with Crippen molar-refractivity contribution in [2.75, 3.05) is 0 Å². The summed E-state index contributed by atoms with van der Waals surface area (Å²) in [7, 11) is 0. The quantitative estimate of drug-likeness (QED) is 0.645. The molecule has 0 aliphatic rings. The molecule has 2 aromatic rings. The van der Waals surface area contributed by atoms with E-state index in [1.807, 2.05) is 0 Å². The van der Waals surface area contributed by atoms with E-state index in [2.05, 4.69) is 25.7 Å². The third kappa shape index (κ3) is 0.953. The molecule has 4 nitrogen and oxygen atoms in total. The number of rotatable bonds is 0. The van der Waals surface area contributed by atoms with Gasteiger partial charge in [-0.2, -0.15) is 0 Å². The molecule has 0 unspecified atom stereocenters. The van der Waals surface area contributed by atoms with Crippen LogP contribution in [0.25, 0.3) is 11.0 Å². The lowest BCUT2D eigenvalue weighted by Gasteiger charge is -1.88. The molecule has 2 rings (SSSR count). The van der Waals surface area contributed by atoms with Crippen LogP contribution in [0.3, 0.4) is 0 Å². The molecule has 0 saturated carbocycles. The maximum atomic E-state index is 13.0. The van der Waals surface area contributed by atoms with Crippen molar-refractivity contribution in [2.24, 2.45) is 0 Å². The Kier molecular flexibility index (Phi) is 1.50. The molecule has 0 bridgehead atoms. The van der Waals surface area contributed by atoms with Gasteiger partial charge in [-0.15, -0.1) is 0 Å². The Labute approximate surface area is 74.2 Å². The highest BCUT2D eigenvalue weighted by Gasteiger charge is 2.14. The molecule has 0 amide bonds. The van der Waals surface area contributed by atoms with E-state index >= 15 is 0 Å². The fourth-order valence-corrected chi connectivity index (χ4v) is 1.32. The first kappa shape index (κ1) is 7.48. The molecule has 1 aromatic heterocycles. The molecule has 1 aromatic carbocycles. The lowest BCUT2D eigenvalue weighted by atomic mass is 10.3. The Balaban J connectivity index is 2.92. The Hall–Kier alpha value is -1.17. The molecule has 0 radical (unpaired) electrons. The molecule has 0 N–H and O–H groups in total. The average Bonchev–Trinajstić information content (AvgIpc) is 2.33. The van der Waals surface area contributed by atoms with Gasteiger partial charge in [-0.3, -0.25) is 4.63 Å². The minimum atomic E-state index is -0.585. The van der Waals surface area contributed by atoms with Crippen molar-refractivity contribution in [3.8, 4) is 0 Å². The van der Waals surface area contributed by atoms with Crippen LogP contribution in [-0.4, -0.2) is 5.16 Å². The van der Waals surface area contributed by atoms with Crippen molar-refractivity contribution in [2.45, 2.75) is 0 Å². The number of aromatic nitrogens is 2. The summed E-state index contributed by atoms with van der Waals surface area (Å²) in [5.74, 6) is -0.585. The van der Waals surface area contributed by atoms with E-state index in [1.54, 1.807) is 0 Å². The predicted octanol–water partition coefficient (Wildman–Crippen LogP) is 1.36. The van der Waals surface area contributed by atoms with Crippen LogP contribution >= 0.6 is 15.9 Å². The average molecular weight is 233 g/mol. The first-order valence-electron chi connectivity index (χ1n) is 3.03. The monoisotopic (exact) mass is 232 g/mol. The van der Waals surface area contributed by atoms with Crippen LogP contribution in [0.2, 0.25) is 0 Å².